The highest BCUT2D eigenvalue weighted by Gasteiger charge is 2.42. The molecule has 0 amide bonds. The number of nitrogens with zero attached hydrogens (tertiary/aromatic N) is 2. The molecule has 0 spiro atoms. The van der Waals surface area contributed by atoms with Crippen molar-refractivity contribution in [2.45, 2.75) is 5.25 Å². The number of aryl methyl sites for hydroxylation is 2. The molecule has 4 aromatic rings. The standard InChI is InChI=1S/C21H19N2O3S/c1-22-13-11-15-7-3-5-9-17(15)19(22)21(27(24,25)26)20-18-10-6-4-8-16(18)12-14-23(20)2/h3-14,21H,1-2H3/q+1/p+1. The maximum atomic E-state index is 12.7. The van der Waals surface area contributed by atoms with Gasteiger partial charge in [0, 0.05) is 12.1 Å². The number of hydrogen-bond acceptors (Lipinski definition) is 2. The van der Waals surface area contributed by atoms with Crippen LogP contribution < -0.4 is 9.13 Å². The molecule has 136 valence electrons. The van der Waals surface area contributed by atoms with E-state index >= 15 is 0 Å². The van der Waals surface area contributed by atoms with Crippen molar-refractivity contribution in [3.05, 3.63) is 84.4 Å². The lowest BCUT2D eigenvalue weighted by atomic mass is 10.0. The Morgan fingerprint density at radius 2 is 1.15 bits per heavy atom. The molecule has 0 aliphatic carbocycles. The maximum absolute atomic E-state index is 12.7. The highest BCUT2D eigenvalue weighted by molar-refractivity contribution is 7.86. The van der Waals surface area contributed by atoms with Crippen LogP contribution in [0.25, 0.3) is 21.5 Å². The highest BCUT2D eigenvalue weighted by atomic mass is 32.2. The molecule has 0 saturated heterocycles. The van der Waals surface area contributed by atoms with Gasteiger partial charge in [-0.3, -0.25) is 4.55 Å². The smallest absolute Gasteiger partial charge is 0.284 e. The quantitative estimate of drug-likeness (QED) is 0.439. The van der Waals surface area contributed by atoms with Crippen LogP contribution in [-0.4, -0.2) is 13.0 Å². The molecule has 2 aromatic heterocycles. The average molecular weight is 380 g/mol. The number of rotatable bonds is 3. The fraction of sp³-hybridized carbons (Fsp3) is 0.143. The Hall–Kier alpha value is -2.83. The van der Waals surface area contributed by atoms with E-state index in [9.17, 15) is 13.0 Å². The molecular weight excluding hydrogens is 360 g/mol. The summed E-state index contributed by atoms with van der Waals surface area (Å²) in [6, 6.07) is 19.1. The van der Waals surface area contributed by atoms with Crippen LogP contribution in [0.15, 0.2) is 73.1 Å². The van der Waals surface area contributed by atoms with Gasteiger partial charge < -0.3 is 0 Å². The molecule has 0 aliphatic heterocycles. The maximum Gasteiger partial charge on any atom is 0.288 e. The lowest BCUT2D eigenvalue weighted by Gasteiger charge is -2.14. The molecule has 0 atom stereocenters. The Labute approximate surface area is 157 Å². The van der Waals surface area contributed by atoms with Crippen LogP contribution in [0.2, 0.25) is 0 Å². The van der Waals surface area contributed by atoms with E-state index in [0.29, 0.717) is 11.4 Å². The zero-order valence-electron chi connectivity index (χ0n) is 15.1. The van der Waals surface area contributed by atoms with E-state index in [1.165, 1.54) is 0 Å². The lowest BCUT2D eigenvalue weighted by molar-refractivity contribution is -0.690. The van der Waals surface area contributed by atoms with Gasteiger partial charge in [0.2, 0.25) is 11.4 Å². The van der Waals surface area contributed by atoms with Gasteiger partial charge in [0.25, 0.3) is 15.4 Å². The molecule has 27 heavy (non-hydrogen) atoms. The van der Waals surface area contributed by atoms with Crippen molar-refractivity contribution in [1.29, 1.82) is 0 Å². The summed E-state index contributed by atoms with van der Waals surface area (Å²) in [5.41, 5.74) is 1.06. The molecule has 0 aliphatic rings. The summed E-state index contributed by atoms with van der Waals surface area (Å²) in [7, 11) is -0.847. The molecule has 0 radical (unpaired) electrons. The Kier molecular flexibility index (Phi) is 4.17. The Morgan fingerprint density at radius 1 is 0.741 bits per heavy atom. The third kappa shape index (κ3) is 2.97. The third-order valence-corrected chi connectivity index (χ3v) is 6.03. The van der Waals surface area contributed by atoms with Crippen molar-refractivity contribution in [2.75, 3.05) is 0 Å². The zero-order valence-corrected chi connectivity index (χ0v) is 15.9. The van der Waals surface area contributed by atoms with Crippen LogP contribution in [0.5, 0.6) is 0 Å². The topological polar surface area (TPSA) is 62.1 Å². The average Bonchev–Trinajstić information content (AvgIpc) is 2.64. The molecule has 5 nitrogen and oxygen atoms in total. The van der Waals surface area contributed by atoms with Crippen molar-refractivity contribution < 1.29 is 22.1 Å². The summed E-state index contributed by atoms with van der Waals surface area (Å²) >= 11 is 0. The minimum absolute atomic E-state index is 0.530. The first-order valence-electron chi connectivity index (χ1n) is 8.59. The second-order valence-corrected chi connectivity index (χ2v) is 8.19. The second-order valence-electron chi connectivity index (χ2n) is 6.69. The highest BCUT2D eigenvalue weighted by Crippen LogP contribution is 2.33. The van der Waals surface area contributed by atoms with Gasteiger partial charge in [0.15, 0.2) is 12.4 Å². The van der Waals surface area contributed by atoms with Crippen LogP contribution in [0.3, 0.4) is 0 Å². The van der Waals surface area contributed by atoms with E-state index in [1.54, 1.807) is 23.2 Å². The van der Waals surface area contributed by atoms with Crippen LogP contribution in [0, 0.1) is 0 Å². The summed E-state index contributed by atoms with van der Waals surface area (Å²) in [5, 5.41) is 2.20. The molecule has 1 N–H and O–H groups in total. The van der Waals surface area contributed by atoms with Gasteiger partial charge in [-0.25, -0.2) is 9.13 Å². The first-order chi connectivity index (χ1) is 12.9. The van der Waals surface area contributed by atoms with Crippen molar-refractivity contribution in [1.82, 2.24) is 0 Å². The first kappa shape index (κ1) is 17.6. The van der Waals surface area contributed by atoms with E-state index in [4.69, 9.17) is 0 Å². The minimum Gasteiger partial charge on any atom is -0.284 e. The van der Waals surface area contributed by atoms with Gasteiger partial charge in [0.05, 0.1) is 10.8 Å². The number of hydrogen-bond donors (Lipinski definition) is 1. The third-order valence-electron chi connectivity index (χ3n) is 4.98. The summed E-state index contributed by atoms with van der Waals surface area (Å²) in [5.74, 6) is 0. The van der Waals surface area contributed by atoms with Gasteiger partial charge in [-0.05, 0) is 22.9 Å². The van der Waals surface area contributed by atoms with Crippen molar-refractivity contribution in [3.63, 3.8) is 0 Å². The van der Waals surface area contributed by atoms with Crippen LogP contribution >= 0.6 is 0 Å². The molecule has 0 fully saturated rings. The number of pyridine rings is 2. The van der Waals surface area contributed by atoms with E-state index in [0.717, 1.165) is 21.5 Å². The molecule has 6 heteroatoms. The molecule has 2 aromatic carbocycles. The first-order valence-corrected chi connectivity index (χ1v) is 10.1. The Bertz CT molecular complexity index is 1200. The second kappa shape index (κ2) is 6.40. The summed E-state index contributed by atoms with van der Waals surface area (Å²) in [6.07, 6.45) is 3.64. The van der Waals surface area contributed by atoms with E-state index in [1.807, 2.05) is 73.1 Å². The predicted octanol–water partition coefficient (Wildman–Crippen LogP) is 2.62. The molecule has 4 rings (SSSR count). The molecule has 0 bridgehead atoms. The molecule has 2 heterocycles. The SMILES string of the molecule is C[n+]1ccc2ccccc2c1C(c1c2ccccc2cc[n+]1C)S(=O)(=O)O. The van der Waals surface area contributed by atoms with E-state index < -0.39 is 15.4 Å². The fourth-order valence-electron chi connectivity index (χ4n) is 3.74. The Balaban J connectivity index is 2.17. The lowest BCUT2D eigenvalue weighted by Crippen LogP contribution is -2.43. The van der Waals surface area contributed by atoms with Crippen molar-refractivity contribution in [3.8, 4) is 0 Å². The monoisotopic (exact) mass is 380 g/mol. The van der Waals surface area contributed by atoms with Crippen LogP contribution in [0.4, 0.5) is 0 Å². The summed E-state index contributed by atoms with van der Waals surface area (Å²) in [6.45, 7) is 0. The van der Waals surface area contributed by atoms with Crippen LogP contribution in [0.1, 0.15) is 16.6 Å². The zero-order chi connectivity index (χ0) is 19.2. The van der Waals surface area contributed by atoms with Gasteiger partial charge in [0.1, 0.15) is 14.1 Å². The van der Waals surface area contributed by atoms with Gasteiger partial charge >= 0.3 is 0 Å². The van der Waals surface area contributed by atoms with E-state index in [2.05, 4.69) is 0 Å². The molecule has 0 unspecified atom stereocenters. The fourth-order valence-corrected chi connectivity index (χ4v) is 4.89. The van der Waals surface area contributed by atoms with Crippen molar-refractivity contribution in [2.24, 2.45) is 14.1 Å². The predicted molar refractivity (Wildman–Crippen MR) is 104 cm³/mol. The summed E-state index contributed by atoms with van der Waals surface area (Å²) in [4.78, 5) is 0. The minimum atomic E-state index is -4.44. The van der Waals surface area contributed by atoms with Gasteiger partial charge in [-0.15, -0.1) is 0 Å². The van der Waals surface area contributed by atoms with Gasteiger partial charge in [-0.1, -0.05) is 36.4 Å². The van der Waals surface area contributed by atoms with Crippen LogP contribution in [-0.2, 0) is 24.2 Å². The normalized spacial score (nSPS) is 12.1. The largest absolute Gasteiger partial charge is 0.288 e. The van der Waals surface area contributed by atoms with E-state index in [-0.39, 0.29) is 0 Å². The number of aromatic nitrogens is 2. The van der Waals surface area contributed by atoms with Crippen molar-refractivity contribution >= 4 is 31.7 Å². The molecular formula is C21H20N2O3S+2. The number of fused-ring (bicyclic) bond motifs is 2. The van der Waals surface area contributed by atoms with Gasteiger partial charge in [-0.2, -0.15) is 8.42 Å². The molecule has 0 saturated carbocycles. The Morgan fingerprint density at radius 3 is 1.56 bits per heavy atom. The summed E-state index contributed by atoms with van der Waals surface area (Å²) < 4.78 is 39.1. The number of benzene rings is 2.